The van der Waals surface area contributed by atoms with Crippen LogP contribution in [0, 0.1) is 0 Å². The summed E-state index contributed by atoms with van der Waals surface area (Å²) in [6.07, 6.45) is 2.83. The maximum atomic E-state index is 12.2. The molecule has 2 aromatic rings. The number of sulfone groups is 1. The normalized spacial score (nSPS) is 17.5. The number of hydrogen-bond acceptors (Lipinski definition) is 8. The fraction of sp³-hybridized carbons (Fsp3) is 0.316. The summed E-state index contributed by atoms with van der Waals surface area (Å²) in [5.41, 5.74) is -0.979. The van der Waals surface area contributed by atoms with Gasteiger partial charge in [0.05, 0.1) is 26.0 Å². The van der Waals surface area contributed by atoms with Gasteiger partial charge in [0.2, 0.25) is 5.88 Å². The third kappa shape index (κ3) is 4.62. The molecule has 0 saturated heterocycles. The molecule has 0 spiro atoms. The van der Waals surface area contributed by atoms with Gasteiger partial charge in [-0.2, -0.15) is 0 Å². The van der Waals surface area contributed by atoms with Crippen molar-refractivity contribution >= 4 is 16.1 Å². The molecule has 3 rings (SSSR count). The Morgan fingerprint density at radius 3 is 2.63 bits per heavy atom. The predicted octanol–water partition coefficient (Wildman–Crippen LogP) is 0.232. The number of methoxy groups -OCH3 is 2. The number of aliphatic imine (C=N–C) groups is 1. The van der Waals surface area contributed by atoms with Crippen molar-refractivity contribution in [1.29, 1.82) is 0 Å². The molecule has 0 fully saturated rings. The van der Waals surface area contributed by atoms with Crippen LogP contribution in [0.3, 0.4) is 0 Å². The molecule has 2 N–H and O–H groups in total. The molecule has 0 aliphatic carbocycles. The van der Waals surface area contributed by atoms with Gasteiger partial charge in [-0.15, -0.1) is 0 Å². The first-order chi connectivity index (χ1) is 14.2. The molecule has 0 bridgehead atoms. The van der Waals surface area contributed by atoms with E-state index in [-0.39, 0.29) is 17.9 Å². The molecule has 0 saturated carbocycles. The number of H-pyrrole nitrogens is 1. The van der Waals surface area contributed by atoms with E-state index in [9.17, 15) is 23.1 Å². The lowest BCUT2D eigenvalue weighted by Crippen LogP contribution is -2.32. The van der Waals surface area contributed by atoms with Gasteiger partial charge in [0.25, 0.3) is 5.56 Å². The second kappa shape index (κ2) is 8.57. The van der Waals surface area contributed by atoms with Gasteiger partial charge in [-0.3, -0.25) is 19.3 Å². The van der Waals surface area contributed by atoms with Gasteiger partial charge in [0, 0.05) is 18.2 Å². The van der Waals surface area contributed by atoms with E-state index < -0.39 is 33.0 Å². The van der Waals surface area contributed by atoms with Gasteiger partial charge >= 0.3 is 5.69 Å². The van der Waals surface area contributed by atoms with Crippen LogP contribution >= 0.6 is 0 Å². The summed E-state index contributed by atoms with van der Waals surface area (Å²) in [7, 11) is -0.269. The highest BCUT2D eigenvalue weighted by Crippen LogP contribution is 2.27. The number of aryl methyl sites for hydroxylation is 1. The number of ether oxygens (including phenoxy) is 2. The Balaban J connectivity index is 1.84. The number of aromatic amines is 1. The lowest BCUT2D eigenvalue weighted by molar-refractivity contribution is 0.354. The minimum absolute atomic E-state index is 0.0788. The zero-order chi connectivity index (χ0) is 21.9. The van der Waals surface area contributed by atoms with E-state index in [1.807, 2.05) is 0 Å². The summed E-state index contributed by atoms with van der Waals surface area (Å²) >= 11 is 0. The van der Waals surface area contributed by atoms with Crippen LogP contribution < -0.4 is 20.7 Å². The molecule has 0 radical (unpaired) electrons. The monoisotopic (exact) mass is 435 g/mol. The molecule has 1 aliphatic heterocycles. The van der Waals surface area contributed by atoms with Crippen molar-refractivity contribution < 1.29 is 23.0 Å². The molecule has 30 heavy (non-hydrogen) atoms. The summed E-state index contributed by atoms with van der Waals surface area (Å²) < 4.78 is 34.4. The average molecular weight is 435 g/mol. The minimum atomic E-state index is -3.30. The predicted molar refractivity (Wildman–Crippen MR) is 111 cm³/mol. The van der Waals surface area contributed by atoms with Crippen LogP contribution in [0.4, 0.5) is 0 Å². The fourth-order valence-electron chi connectivity index (χ4n) is 3.00. The Hall–Kier alpha value is -3.34. The van der Waals surface area contributed by atoms with Crippen LogP contribution in [0.1, 0.15) is 11.1 Å². The Bertz CT molecular complexity index is 1230. The molecule has 1 atom stereocenters. The van der Waals surface area contributed by atoms with Crippen molar-refractivity contribution in [2.75, 3.05) is 20.0 Å². The standard InChI is InChI=1S/C19H21N3O7S/c1-28-15-4-3-12(9-16(15)29-2)5-7-22-18(24)14(17(23)21-19(22)25)10-20-13-6-8-30(26,27)11-13/h3-4,6,8-10,13,24H,5,7,11H2,1-2H3,(H,21,23,25)/t13-/m0/s1. The maximum absolute atomic E-state index is 12.2. The van der Waals surface area contributed by atoms with Crippen molar-refractivity contribution in [3.8, 4) is 17.4 Å². The molecule has 1 aromatic heterocycles. The summed E-state index contributed by atoms with van der Waals surface area (Å²) in [6, 6.07) is 4.62. The van der Waals surface area contributed by atoms with Gasteiger partial charge < -0.3 is 14.6 Å². The average Bonchev–Trinajstić information content (AvgIpc) is 3.05. The first-order valence-electron chi connectivity index (χ1n) is 8.95. The van der Waals surface area contributed by atoms with Crippen LogP contribution in [0.25, 0.3) is 0 Å². The summed E-state index contributed by atoms with van der Waals surface area (Å²) in [6.45, 7) is 0.0788. The second-order valence-corrected chi connectivity index (χ2v) is 8.52. The molecule has 1 aliphatic rings. The second-order valence-electron chi connectivity index (χ2n) is 6.59. The summed E-state index contributed by atoms with van der Waals surface area (Å²) in [5, 5.41) is 11.5. The van der Waals surface area contributed by atoms with Crippen molar-refractivity contribution in [3.05, 3.63) is 61.6 Å². The number of hydrogen-bond donors (Lipinski definition) is 2. The van der Waals surface area contributed by atoms with Gasteiger partial charge in [-0.05, 0) is 30.2 Å². The number of nitrogens with one attached hydrogen (secondary N) is 1. The SMILES string of the molecule is COc1ccc(CCn2c(O)c(C=N[C@H]3C=CS(=O)(=O)C3)c(=O)[nH]c2=O)cc1OC. The maximum Gasteiger partial charge on any atom is 0.331 e. The molecule has 1 aromatic carbocycles. The van der Waals surface area contributed by atoms with E-state index in [1.54, 1.807) is 18.2 Å². The van der Waals surface area contributed by atoms with Crippen molar-refractivity contribution in [3.63, 3.8) is 0 Å². The smallest absolute Gasteiger partial charge is 0.331 e. The summed E-state index contributed by atoms with van der Waals surface area (Å²) in [4.78, 5) is 30.4. The molecule has 11 heteroatoms. The Morgan fingerprint density at radius 2 is 2.00 bits per heavy atom. The highest BCUT2D eigenvalue weighted by atomic mass is 32.2. The first-order valence-corrected chi connectivity index (χ1v) is 10.7. The van der Waals surface area contributed by atoms with E-state index in [0.717, 1.165) is 21.8 Å². The van der Waals surface area contributed by atoms with Gasteiger partial charge in [0.15, 0.2) is 21.3 Å². The quantitative estimate of drug-likeness (QED) is 0.593. The Labute approximate surface area is 172 Å². The largest absolute Gasteiger partial charge is 0.494 e. The molecule has 160 valence electrons. The fourth-order valence-corrected chi connectivity index (χ4v) is 4.20. The number of nitrogens with zero attached hydrogens (tertiary/aromatic N) is 2. The molecular formula is C19H21N3O7S. The lowest BCUT2D eigenvalue weighted by Gasteiger charge is -2.12. The van der Waals surface area contributed by atoms with Gasteiger partial charge in [-0.25, -0.2) is 13.2 Å². The molecule has 0 amide bonds. The van der Waals surface area contributed by atoms with Gasteiger partial charge in [-0.1, -0.05) is 6.07 Å². The van der Waals surface area contributed by atoms with Crippen LogP contribution in [0.5, 0.6) is 17.4 Å². The van der Waals surface area contributed by atoms with Gasteiger partial charge in [0.1, 0.15) is 5.56 Å². The Morgan fingerprint density at radius 1 is 1.27 bits per heavy atom. The molecule has 2 heterocycles. The van der Waals surface area contributed by atoms with Crippen LogP contribution in [0.15, 0.2) is 44.3 Å². The molecule has 0 unspecified atom stereocenters. The zero-order valence-corrected chi connectivity index (χ0v) is 17.2. The number of benzene rings is 1. The zero-order valence-electron chi connectivity index (χ0n) is 16.4. The third-order valence-corrected chi connectivity index (χ3v) is 5.96. The minimum Gasteiger partial charge on any atom is -0.494 e. The molecule has 10 nitrogen and oxygen atoms in total. The van der Waals surface area contributed by atoms with E-state index in [4.69, 9.17) is 9.47 Å². The van der Waals surface area contributed by atoms with Crippen LogP contribution in [-0.2, 0) is 22.8 Å². The summed E-state index contributed by atoms with van der Waals surface area (Å²) in [5.74, 6) is 0.339. The highest BCUT2D eigenvalue weighted by Gasteiger charge is 2.21. The van der Waals surface area contributed by atoms with E-state index in [1.165, 1.54) is 20.3 Å². The van der Waals surface area contributed by atoms with Crippen molar-refractivity contribution in [2.45, 2.75) is 19.0 Å². The van der Waals surface area contributed by atoms with E-state index >= 15 is 0 Å². The van der Waals surface area contributed by atoms with Crippen molar-refractivity contribution in [1.82, 2.24) is 9.55 Å². The van der Waals surface area contributed by atoms with E-state index in [2.05, 4.69) is 9.98 Å². The van der Waals surface area contributed by atoms with Crippen molar-refractivity contribution in [2.24, 2.45) is 4.99 Å². The number of aromatic nitrogens is 2. The van der Waals surface area contributed by atoms with E-state index in [0.29, 0.717) is 17.9 Å². The highest BCUT2D eigenvalue weighted by molar-refractivity contribution is 7.94. The third-order valence-electron chi connectivity index (χ3n) is 4.59. The number of aromatic hydroxyl groups is 1. The number of rotatable bonds is 7. The Kier molecular flexibility index (Phi) is 6.11. The molecular weight excluding hydrogens is 414 g/mol. The topological polar surface area (TPSA) is 140 Å². The van der Waals surface area contributed by atoms with Crippen LogP contribution in [0.2, 0.25) is 0 Å². The van der Waals surface area contributed by atoms with Crippen LogP contribution in [-0.4, -0.2) is 55.3 Å². The first kappa shape index (κ1) is 21.4. The lowest BCUT2D eigenvalue weighted by atomic mass is 10.1.